The van der Waals surface area contributed by atoms with Gasteiger partial charge in [0, 0.05) is 22.4 Å². The van der Waals surface area contributed by atoms with Crippen LogP contribution < -0.4 is 5.32 Å². The number of aromatic hydroxyl groups is 1. The summed E-state index contributed by atoms with van der Waals surface area (Å²) in [4.78, 5) is 0. The molecule has 0 bridgehead atoms. The van der Waals surface area contributed by atoms with Crippen LogP contribution in [-0.2, 0) is 6.18 Å². The van der Waals surface area contributed by atoms with Gasteiger partial charge >= 0.3 is 6.18 Å². The van der Waals surface area contributed by atoms with Crippen LogP contribution >= 0.6 is 0 Å². The minimum Gasteiger partial charge on any atom is -0.507 e. The molecular formula is C20H18F3N3O2. The first-order chi connectivity index (χ1) is 13.3. The quantitative estimate of drug-likeness (QED) is 0.621. The Morgan fingerprint density at radius 1 is 1.00 bits per heavy atom. The van der Waals surface area contributed by atoms with E-state index < -0.39 is 17.5 Å². The van der Waals surface area contributed by atoms with Crippen LogP contribution in [-0.4, -0.2) is 32.6 Å². The van der Waals surface area contributed by atoms with Crippen molar-refractivity contribution in [3.05, 3.63) is 48.0 Å². The van der Waals surface area contributed by atoms with E-state index in [0.29, 0.717) is 29.4 Å². The Morgan fingerprint density at radius 3 is 2.39 bits per heavy atom. The van der Waals surface area contributed by atoms with E-state index in [1.54, 1.807) is 12.1 Å². The molecule has 8 heteroatoms. The van der Waals surface area contributed by atoms with E-state index in [1.165, 1.54) is 6.07 Å². The molecule has 1 heterocycles. The van der Waals surface area contributed by atoms with Gasteiger partial charge in [-0.05, 0) is 37.5 Å². The third-order valence-electron chi connectivity index (χ3n) is 5.01. The maximum Gasteiger partial charge on any atom is 0.416 e. The van der Waals surface area contributed by atoms with Gasteiger partial charge < -0.3 is 15.5 Å². The Morgan fingerprint density at radius 2 is 1.75 bits per heavy atom. The minimum atomic E-state index is -4.54. The first-order valence-electron chi connectivity index (χ1n) is 8.93. The molecule has 0 radical (unpaired) electrons. The highest BCUT2D eigenvalue weighted by atomic mass is 19.4. The SMILES string of the molecule is Oc1cc(C(F)(F)F)ccc1-c1nnc(N[C@H]2CC[C@@H](O)C2)c2ccccc12. The van der Waals surface area contributed by atoms with Crippen molar-refractivity contribution in [1.82, 2.24) is 10.2 Å². The van der Waals surface area contributed by atoms with Crippen molar-refractivity contribution in [3.8, 4) is 17.0 Å². The lowest BCUT2D eigenvalue weighted by molar-refractivity contribution is -0.137. The molecule has 146 valence electrons. The molecule has 1 aliphatic rings. The van der Waals surface area contributed by atoms with Gasteiger partial charge in [0.1, 0.15) is 11.4 Å². The molecular weight excluding hydrogens is 371 g/mol. The number of aliphatic hydroxyl groups excluding tert-OH is 1. The van der Waals surface area contributed by atoms with Gasteiger partial charge in [0.25, 0.3) is 0 Å². The van der Waals surface area contributed by atoms with Gasteiger partial charge in [0.05, 0.1) is 11.7 Å². The molecule has 5 nitrogen and oxygen atoms in total. The second-order valence-corrected chi connectivity index (χ2v) is 6.98. The van der Waals surface area contributed by atoms with E-state index in [-0.39, 0.29) is 17.7 Å². The summed E-state index contributed by atoms with van der Waals surface area (Å²) in [7, 11) is 0. The van der Waals surface area contributed by atoms with E-state index in [9.17, 15) is 23.4 Å². The number of nitrogens with zero attached hydrogens (tertiary/aromatic N) is 2. The van der Waals surface area contributed by atoms with Crippen LogP contribution in [0.3, 0.4) is 0 Å². The van der Waals surface area contributed by atoms with Gasteiger partial charge in [-0.15, -0.1) is 10.2 Å². The van der Waals surface area contributed by atoms with Crippen LogP contribution in [0.1, 0.15) is 24.8 Å². The number of benzene rings is 2. The molecule has 0 spiro atoms. The Hall–Kier alpha value is -2.87. The smallest absolute Gasteiger partial charge is 0.416 e. The molecule has 1 fully saturated rings. The maximum atomic E-state index is 12.9. The first-order valence-corrected chi connectivity index (χ1v) is 8.93. The number of rotatable bonds is 3. The van der Waals surface area contributed by atoms with Crippen molar-refractivity contribution >= 4 is 16.6 Å². The number of alkyl halides is 3. The van der Waals surface area contributed by atoms with Crippen LogP contribution in [0.2, 0.25) is 0 Å². The summed E-state index contributed by atoms with van der Waals surface area (Å²) in [6, 6.07) is 10.1. The molecule has 0 aliphatic heterocycles. The largest absolute Gasteiger partial charge is 0.507 e. The number of aromatic nitrogens is 2. The minimum absolute atomic E-state index is 0.0815. The fraction of sp³-hybridized carbons (Fsp3) is 0.300. The predicted octanol–water partition coefficient (Wildman–Crippen LogP) is 4.35. The molecule has 0 amide bonds. The van der Waals surface area contributed by atoms with Crippen LogP contribution in [0.5, 0.6) is 5.75 Å². The van der Waals surface area contributed by atoms with Crippen LogP contribution in [0.25, 0.3) is 22.0 Å². The van der Waals surface area contributed by atoms with E-state index in [0.717, 1.165) is 24.3 Å². The molecule has 3 aromatic rings. The Bertz CT molecular complexity index is 1020. The number of nitrogens with one attached hydrogen (secondary N) is 1. The molecule has 1 saturated carbocycles. The number of anilines is 1. The topological polar surface area (TPSA) is 78.3 Å². The molecule has 3 N–H and O–H groups in total. The molecule has 2 aromatic carbocycles. The average Bonchev–Trinajstić information content (AvgIpc) is 3.06. The zero-order chi connectivity index (χ0) is 19.9. The predicted molar refractivity (Wildman–Crippen MR) is 98.9 cm³/mol. The molecule has 2 atom stereocenters. The second-order valence-electron chi connectivity index (χ2n) is 6.98. The van der Waals surface area contributed by atoms with Gasteiger partial charge in [-0.2, -0.15) is 13.2 Å². The number of phenols is 1. The maximum absolute atomic E-state index is 12.9. The van der Waals surface area contributed by atoms with Gasteiger partial charge in [0.15, 0.2) is 5.82 Å². The molecule has 1 aromatic heterocycles. The fourth-order valence-corrected chi connectivity index (χ4v) is 3.60. The Kier molecular flexibility index (Phi) is 4.58. The van der Waals surface area contributed by atoms with Crippen LogP contribution in [0.15, 0.2) is 42.5 Å². The lowest BCUT2D eigenvalue weighted by Gasteiger charge is -2.16. The number of halogens is 3. The molecule has 28 heavy (non-hydrogen) atoms. The average molecular weight is 389 g/mol. The second kappa shape index (κ2) is 6.94. The highest BCUT2D eigenvalue weighted by Gasteiger charge is 2.31. The van der Waals surface area contributed by atoms with Crippen LogP contribution in [0.4, 0.5) is 19.0 Å². The normalized spacial score (nSPS) is 19.9. The summed E-state index contributed by atoms with van der Waals surface area (Å²) in [6.07, 6.45) is -2.71. The molecule has 4 rings (SSSR count). The van der Waals surface area contributed by atoms with E-state index in [1.807, 2.05) is 12.1 Å². The molecule has 0 saturated heterocycles. The summed E-state index contributed by atoms with van der Waals surface area (Å²) in [6.45, 7) is 0. The molecule has 0 unspecified atom stereocenters. The van der Waals surface area contributed by atoms with Crippen molar-refractivity contribution in [2.24, 2.45) is 0 Å². The highest BCUT2D eigenvalue weighted by molar-refractivity contribution is 6.00. The van der Waals surface area contributed by atoms with Crippen molar-refractivity contribution in [2.45, 2.75) is 37.6 Å². The zero-order valence-electron chi connectivity index (χ0n) is 14.7. The van der Waals surface area contributed by atoms with Gasteiger partial charge in [-0.1, -0.05) is 24.3 Å². The van der Waals surface area contributed by atoms with E-state index >= 15 is 0 Å². The summed E-state index contributed by atoms with van der Waals surface area (Å²) in [5.74, 6) is 0.0405. The summed E-state index contributed by atoms with van der Waals surface area (Å²) < 4.78 is 38.6. The lowest BCUT2D eigenvalue weighted by Crippen LogP contribution is -2.18. The number of hydrogen-bond donors (Lipinski definition) is 3. The van der Waals surface area contributed by atoms with Crippen LogP contribution in [0, 0.1) is 0 Å². The summed E-state index contributed by atoms with van der Waals surface area (Å²) in [5, 5.41) is 33.0. The van der Waals surface area contributed by atoms with Gasteiger partial charge in [-0.25, -0.2) is 0 Å². The monoisotopic (exact) mass is 389 g/mol. The van der Waals surface area contributed by atoms with E-state index in [2.05, 4.69) is 15.5 Å². The third kappa shape index (κ3) is 3.47. The fourth-order valence-electron chi connectivity index (χ4n) is 3.60. The first kappa shape index (κ1) is 18.5. The summed E-state index contributed by atoms with van der Waals surface area (Å²) in [5.41, 5.74) is -0.442. The Labute approximate surface area is 158 Å². The summed E-state index contributed by atoms with van der Waals surface area (Å²) >= 11 is 0. The molecule has 1 aliphatic carbocycles. The number of phenolic OH excluding ortho intramolecular Hbond substituents is 1. The highest BCUT2D eigenvalue weighted by Crippen LogP contribution is 2.39. The van der Waals surface area contributed by atoms with Gasteiger partial charge in [0.2, 0.25) is 0 Å². The standard InChI is InChI=1S/C20H18F3N3O2/c21-20(22,23)11-5-8-16(17(28)9-11)18-14-3-1-2-4-15(14)19(26-25-18)24-12-6-7-13(27)10-12/h1-5,8-9,12-13,27-28H,6-7,10H2,(H,24,26)/t12-,13+/m0/s1. The number of aliphatic hydroxyl groups is 1. The number of fused-ring (bicyclic) bond motifs is 1. The lowest BCUT2D eigenvalue weighted by atomic mass is 10.0. The third-order valence-corrected chi connectivity index (χ3v) is 5.01. The van der Waals surface area contributed by atoms with Crippen molar-refractivity contribution in [1.29, 1.82) is 0 Å². The zero-order valence-corrected chi connectivity index (χ0v) is 14.7. The van der Waals surface area contributed by atoms with Gasteiger partial charge in [-0.3, -0.25) is 0 Å². The van der Waals surface area contributed by atoms with Crippen molar-refractivity contribution < 1.29 is 23.4 Å². The van der Waals surface area contributed by atoms with Crippen molar-refractivity contribution in [3.63, 3.8) is 0 Å². The Balaban J connectivity index is 1.76. The van der Waals surface area contributed by atoms with Crippen molar-refractivity contribution in [2.75, 3.05) is 5.32 Å². The number of hydrogen-bond acceptors (Lipinski definition) is 5. The van der Waals surface area contributed by atoms with E-state index in [4.69, 9.17) is 0 Å².